The maximum Gasteiger partial charge on any atom is 0.395 e. The van der Waals surface area contributed by atoms with Crippen molar-refractivity contribution in [3.8, 4) is 11.1 Å². The van der Waals surface area contributed by atoms with Crippen LogP contribution in [0.3, 0.4) is 0 Å². The number of hydrogen-bond donors (Lipinski definition) is 3. The molecule has 0 spiro atoms. The van der Waals surface area contributed by atoms with Gasteiger partial charge in [-0.15, -0.1) is 0 Å². The Bertz CT molecular complexity index is 1590. The van der Waals surface area contributed by atoms with Crippen LogP contribution in [0.4, 0.5) is 23.2 Å². The summed E-state index contributed by atoms with van der Waals surface area (Å²) in [7, 11) is 0. The van der Waals surface area contributed by atoms with Gasteiger partial charge in [-0.1, -0.05) is 6.07 Å². The fraction of sp³-hybridized carbons (Fsp3) is 0.136. The van der Waals surface area contributed by atoms with Gasteiger partial charge >= 0.3 is 6.18 Å². The molecular formula is C22H15F4N5O. The minimum atomic E-state index is -4.51. The van der Waals surface area contributed by atoms with Crippen molar-refractivity contribution in [3.63, 3.8) is 0 Å². The standard InChI is InChI=1S/C22H15F4N5O/c1-9(22(24,25)26)12-7-13-16(10-4-5-15(23)20-14(10)8-29-31-20)17(27)21(32)30-19(13)11-3-2-6-28-18(11)12/h2-9H,27H2,1H3,(H,29,31)(H,30,32). The van der Waals surface area contributed by atoms with Crippen molar-refractivity contribution < 1.29 is 17.6 Å². The normalized spacial score (nSPS) is 13.3. The lowest BCUT2D eigenvalue weighted by Gasteiger charge is -2.20. The number of alkyl halides is 3. The number of nitrogens with one attached hydrogen (secondary N) is 2. The van der Waals surface area contributed by atoms with E-state index in [1.807, 2.05) is 0 Å². The maximum absolute atomic E-state index is 14.2. The Morgan fingerprint density at radius 1 is 1.09 bits per heavy atom. The number of pyridine rings is 2. The van der Waals surface area contributed by atoms with Gasteiger partial charge in [-0.3, -0.25) is 14.9 Å². The number of anilines is 1. The monoisotopic (exact) mass is 441 g/mol. The van der Waals surface area contributed by atoms with Gasteiger partial charge in [0.25, 0.3) is 5.56 Å². The van der Waals surface area contributed by atoms with E-state index in [-0.39, 0.29) is 27.8 Å². The number of H-pyrrole nitrogens is 2. The van der Waals surface area contributed by atoms with E-state index in [4.69, 9.17) is 5.73 Å². The van der Waals surface area contributed by atoms with Gasteiger partial charge in [-0.2, -0.15) is 18.3 Å². The zero-order valence-corrected chi connectivity index (χ0v) is 16.5. The molecule has 0 amide bonds. The number of nitrogen functional groups attached to an aromatic ring is 1. The summed E-state index contributed by atoms with van der Waals surface area (Å²) < 4.78 is 55.2. The quantitative estimate of drug-likeness (QED) is 0.265. The third-order valence-corrected chi connectivity index (χ3v) is 5.73. The van der Waals surface area contributed by atoms with Crippen LogP contribution >= 0.6 is 0 Å². The van der Waals surface area contributed by atoms with E-state index in [2.05, 4.69) is 20.2 Å². The van der Waals surface area contributed by atoms with Gasteiger partial charge in [-0.05, 0) is 42.3 Å². The molecule has 32 heavy (non-hydrogen) atoms. The Kier molecular flexibility index (Phi) is 4.23. The molecule has 0 aliphatic rings. The van der Waals surface area contributed by atoms with Crippen molar-refractivity contribution in [3.05, 3.63) is 64.5 Å². The molecule has 3 heterocycles. The first-order valence-corrected chi connectivity index (χ1v) is 9.60. The first kappa shape index (κ1) is 20.0. The summed E-state index contributed by atoms with van der Waals surface area (Å²) in [6.45, 7) is 1.05. The molecule has 0 radical (unpaired) electrons. The molecule has 0 saturated heterocycles. The van der Waals surface area contributed by atoms with Crippen LogP contribution < -0.4 is 11.3 Å². The molecule has 3 aromatic heterocycles. The lowest BCUT2D eigenvalue weighted by atomic mass is 9.90. The highest BCUT2D eigenvalue weighted by Gasteiger charge is 2.38. The van der Waals surface area contributed by atoms with Gasteiger partial charge in [-0.25, -0.2) is 4.39 Å². The fourth-order valence-corrected chi connectivity index (χ4v) is 4.07. The second-order valence-corrected chi connectivity index (χ2v) is 7.55. The second-order valence-electron chi connectivity index (χ2n) is 7.55. The minimum Gasteiger partial charge on any atom is -0.394 e. The highest BCUT2D eigenvalue weighted by atomic mass is 19.4. The number of fused-ring (bicyclic) bond motifs is 4. The van der Waals surface area contributed by atoms with Gasteiger partial charge in [0.2, 0.25) is 0 Å². The number of hydrogen-bond acceptors (Lipinski definition) is 4. The number of rotatable bonds is 2. The number of aromatic amines is 2. The van der Waals surface area contributed by atoms with Crippen LogP contribution in [0.15, 0.2) is 47.5 Å². The first-order valence-electron chi connectivity index (χ1n) is 9.60. The topological polar surface area (TPSA) is 100 Å². The van der Waals surface area contributed by atoms with Crippen molar-refractivity contribution in [1.29, 1.82) is 0 Å². The molecule has 1 atom stereocenters. The molecule has 1 unspecified atom stereocenters. The summed E-state index contributed by atoms with van der Waals surface area (Å²) in [5.41, 5.74) is 6.36. The average Bonchev–Trinajstić information content (AvgIpc) is 3.25. The highest BCUT2D eigenvalue weighted by Crippen LogP contribution is 2.43. The molecule has 5 aromatic rings. The molecule has 162 valence electrons. The SMILES string of the molecule is CC(c1cc2c(-c3ccc(F)c4[nH]ncc34)c(N)c(=O)[nH]c2c2cccnc12)C(F)(F)F. The van der Waals surface area contributed by atoms with E-state index in [1.165, 1.54) is 30.6 Å². The van der Waals surface area contributed by atoms with Gasteiger partial charge in [0.1, 0.15) is 17.0 Å². The minimum absolute atomic E-state index is 0.0566. The Labute approximate surface area is 177 Å². The summed E-state index contributed by atoms with van der Waals surface area (Å²) >= 11 is 0. The third-order valence-electron chi connectivity index (χ3n) is 5.73. The van der Waals surface area contributed by atoms with Crippen molar-refractivity contribution in [1.82, 2.24) is 20.2 Å². The van der Waals surface area contributed by atoms with Crippen LogP contribution in [0.1, 0.15) is 18.4 Å². The van der Waals surface area contributed by atoms with E-state index in [9.17, 15) is 22.4 Å². The molecule has 4 N–H and O–H groups in total. The smallest absolute Gasteiger partial charge is 0.394 e. The van der Waals surface area contributed by atoms with E-state index in [0.29, 0.717) is 27.2 Å². The Morgan fingerprint density at radius 3 is 2.62 bits per heavy atom. The molecule has 0 saturated carbocycles. The Morgan fingerprint density at radius 2 is 1.88 bits per heavy atom. The molecule has 6 nitrogen and oxygen atoms in total. The van der Waals surface area contributed by atoms with E-state index < -0.39 is 23.5 Å². The molecule has 5 rings (SSSR count). The molecule has 0 aliphatic heterocycles. The van der Waals surface area contributed by atoms with Crippen LogP contribution in [-0.4, -0.2) is 26.3 Å². The lowest BCUT2D eigenvalue weighted by Crippen LogP contribution is -2.19. The number of aromatic nitrogens is 4. The van der Waals surface area contributed by atoms with Crippen molar-refractivity contribution in [2.24, 2.45) is 0 Å². The predicted molar refractivity (Wildman–Crippen MR) is 114 cm³/mol. The summed E-state index contributed by atoms with van der Waals surface area (Å²) in [6.07, 6.45) is -1.74. The molecule has 0 bridgehead atoms. The fourth-order valence-electron chi connectivity index (χ4n) is 4.07. The van der Waals surface area contributed by atoms with Crippen molar-refractivity contribution in [2.45, 2.75) is 19.0 Å². The van der Waals surface area contributed by atoms with Crippen molar-refractivity contribution >= 4 is 38.4 Å². The first-order chi connectivity index (χ1) is 15.2. The molecule has 0 fully saturated rings. The van der Waals surface area contributed by atoms with Gasteiger partial charge < -0.3 is 10.7 Å². The van der Waals surface area contributed by atoms with Gasteiger partial charge in [0.15, 0.2) is 0 Å². The van der Waals surface area contributed by atoms with Crippen LogP contribution in [-0.2, 0) is 0 Å². The van der Waals surface area contributed by atoms with Crippen LogP contribution in [0, 0.1) is 5.82 Å². The lowest BCUT2D eigenvalue weighted by molar-refractivity contribution is -0.146. The summed E-state index contributed by atoms with van der Waals surface area (Å²) in [5.74, 6) is -2.39. The zero-order chi connectivity index (χ0) is 22.8. The molecule has 0 aliphatic carbocycles. The maximum atomic E-state index is 14.2. The summed E-state index contributed by atoms with van der Waals surface area (Å²) in [4.78, 5) is 19.5. The largest absolute Gasteiger partial charge is 0.395 e. The Hall–Kier alpha value is -3.95. The third kappa shape index (κ3) is 2.83. The van der Waals surface area contributed by atoms with E-state index in [1.54, 1.807) is 12.1 Å². The van der Waals surface area contributed by atoms with Crippen LogP contribution in [0.2, 0.25) is 0 Å². The number of nitrogens with zero attached hydrogens (tertiary/aromatic N) is 2. The number of benzene rings is 2. The highest BCUT2D eigenvalue weighted by molar-refractivity contribution is 6.15. The number of halogens is 4. The second kappa shape index (κ2) is 6.78. The van der Waals surface area contributed by atoms with Crippen molar-refractivity contribution in [2.75, 3.05) is 5.73 Å². The Balaban J connectivity index is 2.00. The predicted octanol–water partition coefficient (Wildman–Crippen LogP) is 5.01. The van der Waals surface area contributed by atoms with E-state index >= 15 is 0 Å². The van der Waals surface area contributed by atoms with Crippen LogP contribution in [0.25, 0.3) is 43.8 Å². The number of nitrogens with two attached hydrogens (primary N) is 1. The van der Waals surface area contributed by atoms with Gasteiger partial charge in [0.05, 0.1) is 23.1 Å². The summed E-state index contributed by atoms with van der Waals surface area (Å²) in [5, 5.41) is 7.40. The average molecular weight is 441 g/mol. The summed E-state index contributed by atoms with van der Waals surface area (Å²) in [6, 6.07) is 7.12. The zero-order valence-electron chi connectivity index (χ0n) is 16.5. The van der Waals surface area contributed by atoms with Crippen LogP contribution in [0.5, 0.6) is 0 Å². The van der Waals surface area contributed by atoms with Gasteiger partial charge in [0, 0.05) is 27.9 Å². The molecular weight excluding hydrogens is 426 g/mol. The molecule has 2 aromatic carbocycles. The van der Waals surface area contributed by atoms with E-state index in [0.717, 1.165) is 6.92 Å². The molecule has 10 heteroatoms.